The van der Waals surface area contributed by atoms with Crippen molar-refractivity contribution in [1.82, 2.24) is 61.7 Å². The second kappa shape index (κ2) is 35.4. The number of hydrogen-bond donors (Lipinski definition) is 0. The summed E-state index contributed by atoms with van der Waals surface area (Å²) in [6.45, 7) is 8.27. The van der Waals surface area contributed by atoms with Gasteiger partial charge >= 0.3 is 0 Å². The number of carbonyl (C=O) groups is 2. The average Bonchev–Trinajstić information content (AvgIpc) is 1.63. The Bertz CT molecular complexity index is 7070. The molecule has 30 heteroatoms. The molecular weight excluding hydrogens is 1690 g/mol. The third kappa shape index (κ3) is 17.6. The summed E-state index contributed by atoms with van der Waals surface area (Å²) in [7, 11) is -6.16. The second-order valence-corrected chi connectivity index (χ2v) is 38.1. The molecule has 638 valence electrons. The lowest BCUT2D eigenvalue weighted by Gasteiger charge is -2.16. The molecule has 0 radical (unpaired) electrons. The fourth-order valence-corrected chi connectivity index (χ4v) is 21.7. The minimum Gasteiger partial charge on any atom is -0.444 e. The number of hydrogen-bond acceptors (Lipinski definition) is 19. The zero-order valence-corrected chi connectivity index (χ0v) is 72.5. The third-order valence-corrected chi connectivity index (χ3v) is 29.5. The number of fused-ring (bicyclic) bond motifs is 7. The van der Waals surface area contributed by atoms with E-state index in [0.29, 0.717) is 107 Å². The lowest BCUT2D eigenvalue weighted by Crippen LogP contribution is -2.23. The number of halogens is 2. The smallest absolute Gasteiger partial charge is 0.256 e. The van der Waals surface area contributed by atoms with E-state index in [1.54, 1.807) is 127 Å². The molecule has 0 saturated heterocycles. The van der Waals surface area contributed by atoms with E-state index in [1.807, 2.05) is 170 Å². The highest BCUT2D eigenvalue weighted by atomic mass is 32.2. The second-order valence-electron chi connectivity index (χ2n) is 31.5. The van der Waals surface area contributed by atoms with Crippen molar-refractivity contribution in [2.45, 2.75) is 100 Å². The molecule has 127 heavy (non-hydrogen) atoms. The van der Waals surface area contributed by atoms with Crippen LogP contribution in [0.5, 0.6) is 0 Å². The monoisotopic (exact) mass is 1770 g/mol. The number of carbonyl (C=O) groups excluding carboxylic acids is 2. The Morgan fingerprint density at radius 1 is 0.441 bits per heavy atom. The Labute approximate surface area is 736 Å². The van der Waals surface area contributed by atoms with Crippen molar-refractivity contribution in [3.05, 3.63) is 376 Å². The summed E-state index contributed by atoms with van der Waals surface area (Å²) in [4.78, 5) is 54.1. The van der Waals surface area contributed by atoms with Gasteiger partial charge in [-0.2, -0.15) is 17.9 Å². The number of aryl methyl sites for hydroxylation is 3. The van der Waals surface area contributed by atoms with E-state index in [-0.39, 0.29) is 36.5 Å². The van der Waals surface area contributed by atoms with Crippen molar-refractivity contribution in [2.24, 2.45) is 7.05 Å². The van der Waals surface area contributed by atoms with Crippen LogP contribution in [0.25, 0.3) is 66.6 Å². The maximum absolute atomic E-state index is 14.8. The van der Waals surface area contributed by atoms with Crippen LogP contribution in [-0.2, 0) is 109 Å². The van der Waals surface area contributed by atoms with Gasteiger partial charge in [-0.15, -0.1) is 0 Å². The number of imidazole rings is 1. The highest BCUT2D eigenvalue weighted by Crippen LogP contribution is 2.39. The number of pyridine rings is 2. The largest absolute Gasteiger partial charge is 0.444 e. The van der Waals surface area contributed by atoms with E-state index in [0.717, 1.165) is 118 Å². The quantitative estimate of drug-likeness (QED) is 0.0922. The minimum absolute atomic E-state index is 0.0886. The molecule has 0 bridgehead atoms. The number of benzene rings is 10. The van der Waals surface area contributed by atoms with Crippen LogP contribution in [0.4, 0.5) is 14.5 Å². The van der Waals surface area contributed by atoms with E-state index in [1.165, 1.54) is 41.8 Å². The maximum Gasteiger partial charge on any atom is 0.256 e. The molecular formula is C97H82F2N14O10S4. The Morgan fingerprint density at radius 3 is 1.36 bits per heavy atom. The van der Waals surface area contributed by atoms with Gasteiger partial charge < -0.3 is 28.2 Å². The van der Waals surface area contributed by atoms with Crippen LogP contribution < -0.4 is 4.90 Å². The zero-order chi connectivity index (χ0) is 87.8. The van der Waals surface area contributed by atoms with Crippen LogP contribution >= 0.6 is 11.5 Å². The standard InChI is InChI=1S/C23H20FN3O.C22H17FN4O.C18H16N2O3S.C17H15N3O3S.C17H14N2O2S2/c1-26-10-8-17-11-15(6-7-22(17)26)16-4-5-18(20(24)12-16)13-27-14-21-19(23(27)28)3-2-9-25-21;1-26-13-25-19-7-6-15(10-21(19)26)14-4-5-16(18(23)9-14)11-27-12-20-17(22(27)28)3-2-8-24-20;1-13-12-23-18(19-13)15-8-6-14(7-9-15)10-20-11-16-4-2-3-5-17(16)24(20,21)22;1-12-18-17(19-23-12)14-8-6-13(7-9-14)10-20-11-15-4-2-3-5-16(15)24(20,21)22;20-23(21)17-4-2-1-3-15(17)12-19(23)11-13-5-7-14(8-6-13)16-9-10-18-22-16/h2-7,9,11-12H,8,10,13-14H2,1H3;2-10,13H,11-12H2,1H3;2-9,12H,10-11H2,1H3;2-9H,10-11H2,1H3;1-10H,11-12H2. The SMILES string of the molecule is CN1CCc2cc(-c3ccc(CN4Cc5ncccc5C4=O)c(F)c3)ccc21.Cc1coc(-c2ccc(CN3Cc4ccccc4S3(=O)=O)cc2)n1.Cc1nc(-c2ccc(CN3Cc4ccccc4S3(=O)=O)cc2)no1.Cn1cnc2ccc(-c3ccc(CN4Cc5ncccc5C4=O)c(F)c3)cc21.O=S1(=O)c2ccccc2CN1Cc1ccc(-c2ccns2)cc1. The van der Waals surface area contributed by atoms with Gasteiger partial charge in [0.2, 0.25) is 47.7 Å². The molecule has 0 aliphatic carbocycles. The highest BCUT2D eigenvalue weighted by Gasteiger charge is 2.38. The summed E-state index contributed by atoms with van der Waals surface area (Å²) in [6, 6.07) is 76.2. The van der Waals surface area contributed by atoms with Crippen LogP contribution in [0.1, 0.15) is 93.8 Å². The van der Waals surface area contributed by atoms with Gasteiger partial charge in [-0.05, 0) is 189 Å². The first kappa shape index (κ1) is 84.1. The molecule has 0 atom stereocenters. The van der Waals surface area contributed by atoms with Crippen LogP contribution in [0.2, 0.25) is 0 Å². The molecule has 22 rings (SSSR count). The summed E-state index contributed by atoms with van der Waals surface area (Å²) in [5.41, 5.74) is 20.8. The van der Waals surface area contributed by atoms with Gasteiger partial charge in [-0.1, -0.05) is 157 Å². The first-order chi connectivity index (χ1) is 61.4. The van der Waals surface area contributed by atoms with Gasteiger partial charge in [0.15, 0.2) is 0 Å². The number of likely N-dealkylation sites (N-methyl/N-ethyl adjacent to an activating group) is 1. The minimum atomic E-state index is -3.41. The van der Waals surface area contributed by atoms with Gasteiger partial charge in [-0.25, -0.2) is 48.4 Å². The number of nitrogens with zero attached hydrogens (tertiary/aromatic N) is 14. The molecule has 6 aliphatic heterocycles. The molecule has 2 amide bonds. The zero-order valence-electron chi connectivity index (χ0n) is 69.3. The Morgan fingerprint density at radius 2 is 0.906 bits per heavy atom. The van der Waals surface area contributed by atoms with Crippen molar-refractivity contribution < 1.29 is 52.6 Å². The summed E-state index contributed by atoms with van der Waals surface area (Å²) < 4.78 is 126. The predicted octanol–water partition coefficient (Wildman–Crippen LogP) is 17.6. The molecule has 0 unspecified atom stereocenters. The first-order valence-electron chi connectivity index (χ1n) is 40.9. The van der Waals surface area contributed by atoms with Crippen LogP contribution in [0.3, 0.4) is 0 Å². The Balaban J connectivity index is 0.000000108. The van der Waals surface area contributed by atoms with E-state index in [9.17, 15) is 43.6 Å². The molecule has 12 heterocycles. The van der Waals surface area contributed by atoms with Crippen LogP contribution in [0, 0.1) is 25.5 Å². The molecule has 6 aliphatic rings. The van der Waals surface area contributed by atoms with E-state index in [4.69, 9.17) is 8.94 Å². The van der Waals surface area contributed by atoms with Gasteiger partial charge in [-0.3, -0.25) is 19.6 Å². The fraction of sp³-hybridized carbons (Fsp3) is 0.165. The number of aromatic nitrogens is 8. The lowest BCUT2D eigenvalue weighted by atomic mass is 10.00. The molecule has 10 aromatic carbocycles. The van der Waals surface area contributed by atoms with Crippen LogP contribution in [0.15, 0.2) is 304 Å². The van der Waals surface area contributed by atoms with E-state index < -0.39 is 30.1 Å². The average molecular weight is 1770 g/mol. The maximum atomic E-state index is 14.8. The Kier molecular flexibility index (Phi) is 23.4. The number of amides is 2. The molecule has 0 N–H and O–H groups in total. The number of rotatable bonds is 15. The van der Waals surface area contributed by atoms with Gasteiger partial charge in [0.1, 0.15) is 17.9 Å². The molecule has 16 aromatic rings. The van der Waals surface area contributed by atoms with Crippen molar-refractivity contribution in [1.29, 1.82) is 0 Å². The van der Waals surface area contributed by atoms with Crippen molar-refractivity contribution in [2.75, 3.05) is 18.5 Å². The van der Waals surface area contributed by atoms with E-state index in [2.05, 4.69) is 58.5 Å². The third-order valence-electron chi connectivity index (χ3n) is 23.0. The van der Waals surface area contributed by atoms with Gasteiger partial charge in [0.05, 0.1) is 78.2 Å². The summed E-state index contributed by atoms with van der Waals surface area (Å²) in [6.07, 6.45) is 9.52. The van der Waals surface area contributed by atoms with Crippen LogP contribution in [-0.4, -0.2) is 112 Å². The summed E-state index contributed by atoms with van der Waals surface area (Å²) in [5, 5.41) is 3.88. The van der Waals surface area contributed by atoms with Crippen molar-refractivity contribution >= 4 is 70.1 Å². The lowest BCUT2D eigenvalue weighted by molar-refractivity contribution is 0.0757. The van der Waals surface area contributed by atoms with Gasteiger partial charge in [0.25, 0.3) is 11.8 Å². The topological polar surface area (TPSA) is 277 Å². The molecule has 24 nitrogen and oxygen atoms in total. The molecule has 6 aromatic heterocycles. The number of anilines is 1. The van der Waals surface area contributed by atoms with Crippen molar-refractivity contribution in [3.8, 4) is 55.5 Å². The molecule has 0 saturated carbocycles. The summed E-state index contributed by atoms with van der Waals surface area (Å²) in [5.74, 6) is 0.809. The Hall–Kier alpha value is -13.7. The highest BCUT2D eigenvalue weighted by molar-refractivity contribution is 7.90. The van der Waals surface area contributed by atoms with Gasteiger partial charge in [0, 0.05) is 126 Å². The van der Waals surface area contributed by atoms with Crippen molar-refractivity contribution in [3.63, 3.8) is 0 Å². The molecule has 0 spiro atoms. The van der Waals surface area contributed by atoms with E-state index >= 15 is 0 Å². The fourth-order valence-electron chi connectivity index (χ4n) is 16.3. The predicted molar refractivity (Wildman–Crippen MR) is 478 cm³/mol. The molecule has 0 fully saturated rings. The summed E-state index contributed by atoms with van der Waals surface area (Å²) >= 11 is 1.45. The number of oxazole rings is 1. The first-order valence-corrected chi connectivity index (χ1v) is 46.0. The number of sulfonamides is 3. The normalized spacial score (nSPS) is 15.4.